The molecule has 0 aromatic rings. The molecule has 0 saturated heterocycles. The number of halogens is 3. The molecule has 1 rings (SSSR count). The molecule has 96 valence electrons. The normalized spacial score (nSPS) is 19.8. The van der Waals surface area contributed by atoms with Gasteiger partial charge in [0.1, 0.15) is 6.54 Å². The van der Waals surface area contributed by atoms with Crippen molar-refractivity contribution < 1.29 is 26.7 Å². The zero-order valence-electron chi connectivity index (χ0n) is 8.34. The number of aliphatic hydroxyl groups is 1. The van der Waals surface area contributed by atoms with Gasteiger partial charge < -0.3 is 5.11 Å². The summed E-state index contributed by atoms with van der Waals surface area (Å²) in [5, 5.41) is 8.88. The summed E-state index contributed by atoms with van der Waals surface area (Å²) in [6, 6.07) is 0. The summed E-state index contributed by atoms with van der Waals surface area (Å²) in [6.07, 6.45) is -3.24. The van der Waals surface area contributed by atoms with Crippen LogP contribution in [0.5, 0.6) is 0 Å². The Labute approximate surface area is 91.2 Å². The highest BCUT2D eigenvalue weighted by atomic mass is 32.2. The molecule has 0 spiro atoms. The van der Waals surface area contributed by atoms with Gasteiger partial charge >= 0.3 is 6.18 Å². The molecule has 0 aromatic heterocycles. The second kappa shape index (κ2) is 4.47. The maximum Gasteiger partial charge on any atom is 0.402 e. The lowest BCUT2D eigenvalue weighted by molar-refractivity contribution is -0.121. The summed E-state index contributed by atoms with van der Waals surface area (Å²) in [6.45, 7) is -1.82. The number of nitrogens with one attached hydrogen (secondary N) is 2. The van der Waals surface area contributed by atoms with Gasteiger partial charge in [-0.2, -0.15) is 26.3 Å². The van der Waals surface area contributed by atoms with Gasteiger partial charge in [0.25, 0.3) is 10.2 Å². The lowest BCUT2D eigenvalue weighted by Gasteiger charge is -2.14. The van der Waals surface area contributed by atoms with E-state index in [1.54, 1.807) is 0 Å². The summed E-state index contributed by atoms with van der Waals surface area (Å²) >= 11 is 0. The summed E-state index contributed by atoms with van der Waals surface area (Å²) in [7, 11) is -4.15. The van der Waals surface area contributed by atoms with E-state index in [1.165, 1.54) is 4.72 Å². The van der Waals surface area contributed by atoms with Gasteiger partial charge in [0.05, 0.1) is 0 Å². The smallest absolute Gasteiger partial charge is 0.396 e. The van der Waals surface area contributed by atoms with Crippen LogP contribution in [0.25, 0.3) is 0 Å². The molecule has 0 atom stereocenters. The van der Waals surface area contributed by atoms with Gasteiger partial charge in [-0.15, -0.1) is 0 Å². The second-order valence-electron chi connectivity index (χ2n) is 3.92. The van der Waals surface area contributed by atoms with Crippen molar-refractivity contribution in [3.8, 4) is 0 Å². The molecule has 0 amide bonds. The summed E-state index contributed by atoms with van der Waals surface area (Å²) in [5.41, 5.74) is -0.479. The number of hydrogen-bond donors (Lipinski definition) is 3. The Hall–Kier alpha value is -0.380. The van der Waals surface area contributed by atoms with Crippen LogP contribution >= 0.6 is 0 Å². The fourth-order valence-electron chi connectivity index (χ4n) is 1.04. The first-order valence-corrected chi connectivity index (χ1v) is 6.08. The van der Waals surface area contributed by atoms with Crippen molar-refractivity contribution >= 4 is 10.2 Å². The van der Waals surface area contributed by atoms with Gasteiger partial charge in [-0.05, 0) is 12.8 Å². The predicted octanol–water partition coefficient (Wildman–Crippen LogP) is -0.255. The highest BCUT2D eigenvalue weighted by molar-refractivity contribution is 7.87. The van der Waals surface area contributed by atoms with Gasteiger partial charge in [0, 0.05) is 18.6 Å². The van der Waals surface area contributed by atoms with Crippen LogP contribution in [0.2, 0.25) is 0 Å². The highest BCUT2D eigenvalue weighted by Crippen LogP contribution is 2.44. The minimum Gasteiger partial charge on any atom is -0.396 e. The molecule has 1 aliphatic rings. The van der Waals surface area contributed by atoms with Gasteiger partial charge in [-0.3, -0.25) is 0 Å². The zero-order valence-corrected chi connectivity index (χ0v) is 9.16. The van der Waals surface area contributed by atoms with Crippen molar-refractivity contribution in [3.63, 3.8) is 0 Å². The third-order valence-corrected chi connectivity index (χ3v) is 3.44. The lowest BCUT2D eigenvalue weighted by Crippen LogP contribution is -2.43. The van der Waals surface area contributed by atoms with E-state index in [1.807, 2.05) is 4.72 Å². The van der Waals surface area contributed by atoms with Crippen LogP contribution in [0, 0.1) is 5.41 Å². The van der Waals surface area contributed by atoms with Crippen molar-refractivity contribution in [3.05, 3.63) is 0 Å². The van der Waals surface area contributed by atoms with Gasteiger partial charge in [-0.25, -0.2) is 4.72 Å². The number of hydrogen-bond acceptors (Lipinski definition) is 3. The average molecular weight is 262 g/mol. The molecule has 0 heterocycles. The first-order valence-electron chi connectivity index (χ1n) is 4.60. The van der Waals surface area contributed by atoms with E-state index in [4.69, 9.17) is 5.11 Å². The molecule has 0 radical (unpaired) electrons. The third kappa shape index (κ3) is 4.64. The third-order valence-electron chi connectivity index (χ3n) is 2.39. The molecule has 0 aromatic carbocycles. The van der Waals surface area contributed by atoms with Crippen molar-refractivity contribution in [2.24, 2.45) is 5.41 Å². The quantitative estimate of drug-likeness (QED) is 0.617. The Morgan fingerprint density at radius 2 is 1.81 bits per heavy atom. The molecule has 0 bridgehead atoms. The molecule has 3 N–H and O–H groups in total. The topological polar surface area (TPSA) is 78.4 Å². The number of rotatable bonds is 6. The molecule has 1 fully saturated rings. The Kier molecular flexibility index (Phi) is 3.83. The van der Waals surface area contributed by atoms with Crippen molar-refractivity contribution in [1.29, 1.82) is 0 Å². The summed E-state index contributed by atoms with van der Waals surface area (Å²) < 4.78 is 60.7. The number of alkyl halides is 3. The van der Waals surface area contributed by atoms with E-state index in [0.29, 0.717) is 12.8 Å². The molecule has 16 heavy (non-hydrogen) atoms. The Morgan fingerprint density at radius 3 is 2.19 bits per heavy atom. The molecule has 0 aliphatic heterocycles. The standard InChI is InChI=1S/C7H13F3N2O3S/c8-7(9,10)4-12-16(14,15)11-3-6(5-13)1-2-6/h11-13H,1-5H2. The monoisotopic (exact) mass is 262 g/mol. The maximum absolute atomic E-state index is 11.7. The largest absolute Gasteiger partial charge is 0.402 e. The molecule has 0 unspecified atom stereocenters. The van der Waals surface area contributed by atoms with Crippen LogP contribution in [0.1, 0.15) is 12.8 Å². The first-order chi connectivity index (χ1) is 7.18. The Morgan fingerprint density at radius 1 is 1.25 bits per heavy atom. The summed E-state index contributed by atoms with van der Waals surface area (Å²) in [5.74, 6) is 0. The van der Waals surface area contributed by atoms with Crippen LogP contribution in [-0.4, -0.2) is 39.4 Å². The molecule has 9 heteroatoms. The van der Waals surface area contributed by atoms with Crippen LogP contribution < -0.4 is 9.44 Å². The van der Waals surface area contributed by atoms with Crippen molar-refractivity contribution in [2.75, 3.05) is 19.7 Å². The minimum absolute atomic E-state index is 0.0449. The molecular weight excluding hydrogens is 249 g/mol. The van der Waals surface area contributed by atoms with E-state index in [0.717, 1.165) is 0 Å². The second-order valence-corrected chi connectivity index (χ2v) is 5.50. The fraction of sp³-hybridized carbons (Fsp3) is 1.00. The highest BCUT2D eigenvalue weighted by Gasteiger charge is 2.42. The number of aliphatic hydroxyl groups excluding tert-OH is 1. The predicted molar refractivity (Wildman–Crippen MR) is 49.7 cm³/mol. The van der Waals surface area contributed by atoms with E-state index in [9.17, 15) is 21.6 Å². The molecule has 1 saturated carbocycles. The Bertz CT molecular complexity index is 337. The van der Waals surface area contributed by atoms with Gasteiger partial charge in [-0.1, -0.05) is 0 Å². The minimum atomic E-state index is -4.58. The first kappa shape index (κ1) is 13.7. The fourth-order valence-corrected chi connectivity index (χ4v) is 2.00. The van der Waals surface area contributed by atoms with Gasteiger partial charge in [0.2, 0.25) is 0 Å². The van der Waals surface area contributed by atoms with Crippen molar-refractivity contribution in [2.45, 2.75) is 19.0 Å². The van der Waals surface area contributed by atoms with Gasteiger partial charge in [0.15, 0.2) is 0 Å². The SMILES string of the molecule is O=S(=O)(NCC(F)(F)F)NCC1(CO)CC1. The lowest BCUT2D eigenvalue weighted by atomic mass is 10.1. The Balaban J connectivity index is 2.35. The van der Waals surface area contributed by atoms with Crippen LogP contribution in [0.3, 0.4) is 0 Å². The molecule has 1 aliphatic carbocycles. The van der Waals surface area contributed by atoms with E-state index in [-0.39, 0.29) is 13.2 Å². The van der Waals surface area contributed by atoms with E-state index < -0.39 is 28.3 Å². The zero-order chi connectivity index (χ0) is 12.4. The summed E-state index contributed by atoms with van der Waals surface area (Å²) in [4.78, 5) is 0. The molecular formula is C7H13F3N2O3S. The average Bonchev–Trinajstić information content (AvgIpc) is 2.92. The van der Waals surface area contributed by atoms with E-state index in [2.05, 4.69) is 0 Å². The maximum atomic E-state index is 11.7. The van der Waals surface area contributed by atoms with Crippen molar-refractivity contribution in [1.82, 2.24) is 9.44 Å². The van der Waals surface area contributed by atoms with E-state index >= 15 is 0 Å². The molecule has 5 nitrogen and oxygen atoms in total. The van der Waals surface area contributed by atoms with Crippen LogP contribution in [-0.2, 0) is 10.2 Å². The van der Waals surface area contributed by atoms with Crippen LogP contribution in [0.15, 0.2) is 0 Å². The van der Waals surface area contributed by atoms with Crippen LogP contribution in [0.4, 0.5) is 13.2 Å².